The topological polar surface area (TPSA) is 42.0 Å². The van der Waals surface area contributed by atoms with Crippen molar-refractivity contribution in [2.24, 2.45) is 5.92 Å². The minimum Gasteiger partial charge on any atom is -0.316 e. The molecule has 3 nitrogen and oxygen atoms in total. The summed E-state index contributed by atoms with van der Waals surface area (Å²) in [7, 11) is 0. The first-order chi connectivity index (χ1) is 11.3. The van der Waals surface area contributed by atoms with Gasteiger partial charge in [0, 0.05) is 12.0 Å². The van der Waals surface area contributed by atoms with Crippen LogP contribution in [0.3, 0.4) is 0 Å². The van der Waals surface area contributed by atoms with Crippen LogP contribution in [-0.2, 0) is 4.79 Å². The molecular weight excluding hydrogens is 324 g/mol. The summed E-state index contributed by atoms with van der Waals surface area (Å²) in [5.74, 6) is 1.68. The molecule has 1 amide bonds. The lowest BCUT2D eigenvalue weighted by Crippen LogP contribution is -2.14. The van der Waals surface area contributed by atoms with Crippen LogP contribution in [0.25, 0.3) is 11.3 Å². The molecule has 1 fully saturated rings. The van der Waals surface area contributed by atoms with Gasteiger partial charge in [-0.3, -0.25) is 4.79 Å². The minimum absolute atomic E-state index is 0.130. The Morgan fingerprint density at radius 1 is 1.30 bits per heavy atom. The summed E-state index contributed by atoms with van der Waals surface area (Å²) < 4.78 is 1.02. The smallest absolute Gasteiger partial charge is 0.225 e. The van der Waals surface area contributed by atoms with Gasteiger partial charge in [-0.25, -0.2) is 4.98 Å². The molecule has 2 aromatic rings. The number of hydrogen-bond donors (Lipinski definition) is 1. The van der Waals surface area contributed by atoms with Crippen molar-refractivity contribution in [3.05, 3.63) is 30.3 Å². The molecule has 0 bridgehead atoms. The quantitative estimate of drug-likeness (QED) is 0.708. The standard InChI is InChI=1S/C18H22N2OS2/c1-2-22-18-20-16(14-10-4-3-5-11-14)17(23-18)19-15(21)12-13-8-6-7-9-13/h3-5,10-11,13H,2,6-9,12H2,1H3,(H,19,21). The summed E-state index contributed by atoms with van der Waals surface area (Å²) >= 11 is 3.31. The van der Waals surface area contributed by atoms with E-state index in [0.717, 1.165) is 26.4 Å². The van der Waals surface area contributed by atoms with Gasteiger partial charge in [0.15, 0.2) is 4.34 Å². The summed E-state index contributed by atoms with van der Waals surface area (Å²) in [5.41, 5.74) is 1.95. The summed E-state index contributed by atoms with van der Waals surface area (Å²) in [6, 6.07) is 10.1. The number of amides is 1. The van der Waals surface area contributed by atoms with E-state index in [9.17, 15) is 4.79 Å². The minimum atomic E-state index is 0.130. The van der Waals surface area contributed by atoms with Crippen molar-refractivity contribution in [2.75, 3.05) is 11.1 Å². The molecule has 1 N–H and O–H groups in total. The zero-order valence-electron chi connectivity index (χ0n) is 13.4. The molecule has 122 valence electrons. The highest BCUT2D eigenvalue weighted by atomic mass is 32.2. The molecule has 1 saturated carbocycles. The van der Waals surface area contributed by atoms with Crippen molar-refractivity contribution in [1.29, 1.82) is 0 Å². The number of thiazole rings is 1. The SMILES string of the molecule is CCSc1nc(-c2ccccc2)c(NC(=O)CC2CCCC2)s1. The van der Waals surface area contributed by atoms with E-state index in [0.29, 0.717) is 12.3 Å². The Balaban J connectivity index is 1.77. The highest BCUT2D eigenvalue weighted by molar-refractivity contribution is 8.01. The van der Waals surface area contributed by atoms with Gasteiger partial charge in [0.2, 0.25) is 5.91 Å². The van der Waals surface area contributed by atoms with E-state index < -0.39 is 0 Å². The molecule has 23 heavy (non-hydrogen) atoms. The van der Waals surface area contributed by atoms with Crippen LogP contribution >= 0.6 is 23.1 Å². The van der Waals surface area contributed by atoms with Gasteiger partial charge in [0.05, 0.1) is 0 Å². The monoisotopic (exact) mass is 346 g/mol. The van der Waals surface area contributed by atoms with Crippen molar-refractivity contribution in [2.45, 2.75) is 43.4 Å². The maximum Gasteiger partial charge on any atom is 0.225 e. The predicted molar refractivity (Wildman–Crippen MR) is 99.2 cm³/mol. The third kappa shape index (κ3) is 4.36. The molecule has 0 spiro atoms. The third-order valence-electron chi connectivity index (χ3n) is 4.12. The van der Waals surface area contributed by atoms with E-state index in [1.165, 1.54) is 25.7 Å². The molecule has 1 aliphatic rings. The Labute approximate surface area is 145 Å². The zero-order valence-corrected chi connectivity index (χ0v) is 15.0. The number of thioether (sulfide) groups is 1. The second-order valence-corrected chi connectivity index (χ2v) is 8.37. The average molecular weight is 347 g/mol. The van der Waals surface area contributed by atoms with Gasteiger partial charge < -0.3 is 5.32 Å². The van der Waals surface area contributed by atoms with E-state index in [1.54, 1.807) is 23.1 Å². The molecular formula is C18H22N2OS2. The summed E-state index contributed by atoms with van der Waals surface area (Å²) in [6.07, 6.45) is 5.57. The van der Waals surface area contributed by atoms with Crippen LogP contribution in [0.2, 0.25) is 0 Å². The van der Waals surface area contributed by atoms with Gasteiger partial charge >= 0.3 is 0 Å². The zero-order chi connectivity index (χ0) is 16.1. The molecule has 0 unspecified atom stereocenters. The Bertz CT molecular complexity index is 648. The second-order valence-electron chi connectivity index (χ2n) is 5.86. The Hall–Kier alpha value is -1.33. The van der Waals surface area contributed by atoms with Gasteiger partial charge in [-0.1, -0.05) is 73.2 Å². The first-order valence-electron chi connectivity index (χ1n) is 8.25. The summed E-state index contributed by atoms with van der Waals surface area (Å²) in [4.78, 5) is 17.1. The third-order valence-corrected chi connectivity index (χ3v) is 6.12. The number of aromatic nitrogens is 1. The highest BCUT2D eigenvalue weighted by Crippen LogP contribution is 2.38. The summed E-state index contributed by atoms with van der Waals surface area (Å²) in [5, 5.41) is 4.00. The number of rotatable bonds is 6. The Morgan fingerprint density at radius 3 is 2.74 bits per heavy atom. The number of benzene rings is 1. The van der Waals surface area contributed by atoms with E-state index in [2.05, 4.69) is 12.2 Å². The van der Waals surface area contributed by atoms with Gasteiger partial charge in [0.25, 0.3) is 0 Å². The maximum atomic E-state index is 12.4. The van der Waals surface area contributed by atoms with Crippen molar-refractivity contribution in [1.82, 2.24) is 4.98 Å². The first-order valence-corrected chi connectivity index (χ1v) is 10.1. The fourth-order valence-corrected chi connectivity index (χ4v) is 5.00. The molecule has 0 atom stereocenters. The number of hydrogen-bond acceptors (Lipinski definition) is 4. The van der Waals surface area contributed by atoms with E-state index in [-0.39, 0.29) is 5.91 Å². The number of carbonyl (C=O) groups is 1. The molecule has 1 heterocycles. The first kappa shape index (κ1) is 16.5. The predicted octanol–water partition coefficient (Wildman–Crippen LogP) is 5.44. The molecule has 0 saturated heterocycles. The fourth-order valence-electron chi connectivity index (χ4n) is 3.02. The molecule has 0 aliphatic heterocycles. The number of nitrogens with one attached hydrogen (secondary N) is 1. The van der Waals surface area contributed by atoms with E-state index in [4.69, 9.17) is 4.98 Å². The lowest BCUT2D eigenvalue weighted by molar-refractivity contribution is -0.117. The van der Waals surface area contributed by atoms with E-state index >= 15 is 0 Å². The van der Waals surface area contributed by atoms with Crippen molar-refractivity contribution in [3.8, 4) is 11.3 Å². The van der Waals surface area contributed by atoms with Crippen molar-refractivity contribution in [3.63, 3.8) is 0 Å². The number of anilines is 1. The van der Waals surface area contributed by atoms with Gasteiger partial charge in [-0.15, -0.1) is 0 Å². The second kappa shape index (κ2) is 7.97. The number of carbonyl (C=O) groups excluding carboxylic acids is 1. The van der Waals surface area contributed by atoms with Crippen LogP contribution in [0.5, 0.6) is 0 Å². The highest BCUT2D eigenvalue weighted by Gasteiger charge is 2.20. The molecule has 5 heteroatoms. The summed E-state index contributed by atoms with van der Waals surface area (Å²) in [6.45, 7) is 2.12. The van der Waals surface area contributed by atoms with Crippen LogP contribution in [0.1, 0.15) is 39.0 Å². The van der Waals surface area contributed by atoms with Crippen molar-refractivity contribution >= 4 is 34.0 Å². The van der Waals surface area contributed by atoms with Crippen LogP contribution in [0, 0.1) is 5.92 Å². The van der Waals surface area contributed by atoms with Crippen LogP contribution in [0.4, 0.5) is 5.00 Å². The van der Waals surface area contributed by atoms with Gasteiger partial charge in [-0.2, -0.15) is 0 Å². The number of nitrogens with zero attached hydrogens (tertiary/aromatic N) is 1. The molecule has 1 aliphatic carbocycles. The van der Waals surface area contributed by atoms with Gasteiger partial charge in [0.1, 0.15) is 10.7 Å². The normalized spacial score (nSPS) is 15.0. The maximum absolute atomic E-state index is 12.4. The Morgan fingerprint density at radius 2 is 2.04 bits per heavy atom. The van der Waals surface area contributed by atoms with Crippen LogP contribution in [0.15, 0.2) is 34.7 Å². The molecule has 0 radical (unpaired) electrons. The average Bonchev–Trinajstić information content (AvgIpc) is 3.18. The molecule has 1 aromatic carbocycles. The molecule has 1 aromatic heterocycles. The largest absolute Gasteiger partial charge is 0.316 e. The fraction of sp³-hybridized carbons (Fsp3) is 0.444. The van der Waals surface area contributed by atoms with Gasteiger partial charge in [-0.05, 0) is 24.5 Å². The van der Waals surface area contributed by atoms with Crippen LogP contribution in [-0.4, -0.2) is 16.6 Å². The van der Waals surface area contributed by atoms with Crippen LogP contribution < -0.4 is 5.32 Å². The molecule has 3 rings (SSSR count). The lowest BCUT2D eigenvalue weighted by Gasteiger charge is -2.09. The lowest BCUT2D eigenvalue weighted by atomic mass is 10.0. The van der Waals surface area contributed by atoms with Crippen molar-refractivity contribution < 1.29 is 4.79 Å². The van der Waals surface area contributed by atoms with E-state index in [1.807, 2.05) is 30.3 Å². The Kier molecular flexibility index (Phi) is 5.73.